The second kappa shape index (κ2) is 7.00. The summed E-state index contributed by atoms with van der Waals surface area (Å²) in [5.74, 6) is -1.56. The van der Waals surface area contributed by atoms with Gasteiger partial charge in [-0.25, -0.2) is 8.42 Å². The Morgan fingerprint density at radius 1 is 1.11 bits per heavy atom. The molecule has 0 aliphatic heterocycles. The van der Waals surface area contributed by atoms with Crippen LogP contribution in [0.15, 0.2) is 70.9 Å². The quantitative estimate of drug-likeness (QED) is 0.605. The molecule has 5 nitrogen and oxygen atoms in total. The van der Waals surface area contributed by atoms with Crippen LogP contribution in [0.3, 0.4) is 0 Å². The van der Waals surface area contributed by atoms with Crippen LogP contribution in [-0.2, 0) is 14.8 Å². The van der Waals surface area contributed by atoms with Crippen molar-refractivity contribution in [1.29, 1.82) is 0 Å². The molecule has 0 amide bonds. The summed E-state index contributed by atoms with van der Waals surface area (Å²) in [5, 5.41) is 10.3. The highest BCUT2D eigenvalue weighted by molar-refractivity contribution is 7.91. The summed E-state index contributed by atoms with van der Waals surface area (Å²) in [6.07, 6.45) is 0.220. The zero-order valence-corrected chi connectivity index (χ0v) is 16.9. The molecule has 28 heavy (non-hydrogen) atoms. The number of rotatable bonds is 6. The Morgan fingerprint density at radius 3 is 2.54 bits per heavy atom. The van der Waals surface area contributed by atoms with Gasteiger partial charge < -0.3 is 5.11 Å². The lowest BCUT2D eigenvalue weighted by molar-refractivity contribution is -0.140. The van der Waals surface area contributed by atoms with E-state index in [-0.39, 0.29) is 10.6 Å². The molecule has 0 saturated heterocycles. The fourth-order valence-corrected chi connectivity index (χ4v) is 6.19. The molecule has 1 saturated carbocycles. The van der Waals surface area contributed by atoms with E-state index in [1.54, 1.807) is 24.3 Å². The van der Waals surface area contributed by atoms with Crippen molar-refractivity contribution in [1.82, 2.24) is 4.72 Å². The van der Waals surface area contributed by atoms with Gasteiger partial charge in [0.2, 0.25) is 0 Å². The number of hydrogen-bond acceptors (Lipinski definition) is 4. The zero-order valence-electron chi connectivity index (χ0n) is 14.5. The first kappa shape index (κ1) is 19.1. The minimum atomic E-state index is -3.98. The number of carboxylic acid groups (broad SMARTS) is 1. The van der Waals surface area contributed by atoms with Crippen LogP contribution < -0.4 is 4.72 Å². The number of aliphatic carboxylic acids is 1. The third kappa shape index (κ3) is 3.46. The highest BCUT2D eigenvalue weighted by atomic mass is 35.5. The summed E-state index contributed by atoms with van der Waals surface area (Å²) < 4.78 is 28.3. The highest BCUT2D eigenvalue weighted by Gasteiger charge is 2.63. The number of thiophene rings is 1. The number of nitrogens with one attached hydrogen (secondary N) is 1. The molecule has 1 aliphatic carbocycles. The first-order chi connectivity index (χ1) is 13.3. The van der Waals surface area contributed by atoms with Crippen LogP contribution in [0.25, 0.3) is 10.4 Å². The van der Waals surface area contributed by atoms with Crippen LogP contribution in [-0.4, -0.2) is 25.0 Å². The van der Waals surface area contributed by atoms with Gasteiger partial charge in [0.15, 0.2) is 0 Å². The van der Waals surface area contributed by atoms with E-state index in [2.05, 4.69) is 4.72 Å². The van der Waals surface area contributed by atoms with Gasteiger partial charge in [-0.2, -0.15) is 4.72 Å². The standard InChI is InChI=1S/C20H16ClNO4S2/c21-15-8-4-7-14(11-15)17-9-10-18(27-17)28(25,26)22-20(19(23)24)12-16(20)13-5-2-1-3-6-13/h1-11,16,22H,12H2,(H,23,24)/t16-,20-/m0/s1. The molecule has 0 spiro atoms. The minimum Gasteiger partial charge on any atom is -0.480 e. The molecular weight excluding hydrogens is 418 g/mol. The Kier molecular flexibility index (Phi) is 4.79. The number of halogens is 1. The summed E-state index contributed by atoms with van der Waals surface area (Å²) in [6.45, 7) is 0. The van der Waals surface area contributed by atoms with E-state index in [0.29, 0.717) is 5.02 Å². The van der Waals surface area contributed by atoms with Crippen molar-refractivity contribution < 1.29 is 18.3 Å². The Labute approximate surface area is 171 Å². The lowest BCUT2D eigenvalue weighted by atomic mass is 10.1. The molecule has 8 heteroatoms. The molecule has 1 aliphatic rings. The van der Waals surface area contributed by atoms with Gasteiger partial charge in [0, 0.05) is 15.8 Å². The van der Waals surface area contributed by atoms with Crippen molar-refractivity contribution in [2.24, 2.45) is 0 Å². The van der Waals surface area contributed by atoms with Crippen molar-refractivity contribution in [3.63, 3.8) is 0 Å². The SMILES string of the molecule is O=C(O)[C@]1(NS(=O)(=O)c2ccc(-c3cccc(Cl)c3)s2)C[C@H]1c1ccccc1. The number of hydrogen-bond donors (Lipinski definition) is 2. The van der Waals surface area contributed by atoms with Gasteiger partial charge in [-0.05, 0) is 41.8 Å². The zero-order chi connectivity index (χ0) is 19.9. The van der Waals surface area contributed by atoms with E-state index in [1.165, 1.54) is 6.07 Å². The number of carboxylic acids is 1. The van der Waals surface area contributed by atoms with Crippen molar-refractivity contribution in [3.05, 3.63) is 77.3 Å². The fraction of sp³-hybridized carbons (Fsp3) is 0.150. The molecule has 1 fully saturated rings. The third-order valence-corrected chi connectivity index (χ3v) is 8.19. The van der Waals surface area contributed by atoms with Crippen molar-refractivity contribution >= 4 is 38.9 Å². The summed E-state index contributed by atoms with van der Waals surface area (Å²) in [6, 6.07) is 19.4. The first-order valence-corrected chi connectivity index (χ1v) is 11.2. The predicted molar refractivity (Wildman–Crippen MR) is 109 cm³/mol. The van der Waals surface area contributed by atoms with Crippen LogP contribution in [0, 0.1) is 0 Å². The molecular formula is C20H16ClNO4S2. The Morgan fingerprint density at radius 2 is 1.86 bits per heavy atom. The molecule has 1 aromatic heterocycles. The molecule has 144 valence electrons. The molecule has 4 rings (SSSR count). The second-order valence-corrected chi connectivity index (χ2v) is 10.1. The van der Waals surface area contributed by atoms with E-state index in [9.17, 15) is 18.3 Å². The van der Waals surface area contributed by atoms with E-state index in [4.69, 9.17) is 11.6 Å². The Balaban J connectivity index is 1.61. The van der Waals surface area contributed by atoms with E-state index in [1.807, 2.05) is 36.4 Å². The van der Waals surface area contributed by atoms with Gasteiger partial charge in [0.05, 0.1) is 0 Å². The smallest absolute Gasteiger partial charge is 0.325 e. The third-order valence-electron chi connectivity index (χ3n) is 4.82. The normalized spacial score (nSPS) is 21.4. The van der Waals surface area contributed by atoms with Crippen molar-refractivity contribution in [3.8, 4) is 10.4 Å². The molecule has 3 aromatic rings. The van der Waals surface area contributed by atoms with Crippen LogP contribution >= 0.6 is 22.9 Å². The largest absolute Gasteiger partial charge is 0.480 e. The molecule has 0 unspecified atom stereocenters. The Hall–Kier alpha value is -2.19. The maximum absolute atomic E-state index is 12.9. The topological polar surface area (TPSA) is 83.5 Å². The van der Waals surface area contributed by atoms with Gasteiger partial charge in [-0.1, -0.05) is 54.1 Å². The highest BCUT2D eigenvalue weighted by Crippen LogP contribution is 2.52. The van der Waals surface area contributed by atoms with Crippen LogP contribution in [0.2, 0.25) is 5.02 Å². The number of sulfonamides is 1. The average molecular weight is 434 g/mol. The molecule has 0 bridgehead atoms. The molecule has 2 aromatic carbocycles. The van der Waals surface area contributed by atoms with Gasteiger partial charge in [0.25, 0.3) is 10.0 Å². The van der Waals surface area contributed by atoms with Gasteiger partial charge in [0.1, 0.15) is 9.75 Å². The summed E-state index contributed by atoms with van der Waals surface area (Å²) in [5.41, 5.74) is 0.0966. The van der Waals surface area contributed by atoms with Crippen LogP contribution in [0.1, 0.15) is 17.9 Å². The van der Waals surface area contributed by atoms with Crippen LogP contribution in [0.5, 0.6) is 0 Å². The van der Waals surface area contributed by atoms with Crippen molar-refractivity contribution in [2.45, 2.75) is 22.1 Å². The lowest BCUT2D eigenvalue weighted by Crippen LogP contribution is -2.44. The maximum atomic E-state index is 12.9. The molecule has 1 heterocycles. The van der Waals surface area contributed by atoms with Crippen molar-refractivity contribution in [2.75, 3.05) is 0 Å². The number of carbonyl (C=O) groups is 1. The van der Waals surface area contributed by atoms with Gasteiger partial charge in [-0.15, -0.1) is 11.3 Å². The summed E-state index contributed by atoms with van der Waals surface area (Å²) in [7, 11) is -3.98. The van der Waals surface area contributed by atoms with E-state index >= 15 is 0 Å². The maximum Gasteiger partial charge on any atom is 0.325 e. The predicted octanol–water partition coefficient (Wildman–Crippen LogP) is 4.36. The minimum absolute atomic E-state index is 0.0711. The monoisotopic (exact) mass is 433 g/mol. The average Bonchev–Trinajstić information content (AvgIpc) is 3.16. The molecule has 2 N–H and O–H groups in total. The number of benzene rings is 2. The molecule has 0 radical (unpaired) electrons. The second-order valence-electron chi connectivity index (χ2n) is 6.68. The van der Waals surface area contributed by atoms with E-state index in [0.717, 1.165) is 27.3 Å². The van der Waals surface area contributed by atoms with Gasteiger partial charge in [-0.3, -0.25) is 4.79 Å². The first-order valence-electron chi connectivity index (χ1n) is 8.50. The molecule has 2 atom stereocenters. The fourth-order valence-electron chi connectivity index (χ4n) is 3.30. The Bertz CT molecular complexity index is 1140. The lowest BCUT2D eigenvalue weighted by Gasteiger charge is -2.14. The van der Waals surface area contributed by atoms with E-state index < -0.39 is 27.4 Å². The van der Waals surface area contributed by atoms with Crippen LogP contribution in [0.4, 0.5) is 0 Å². The summed E-state index contributed by atoms with van der Waals surface area (Å²) >= 11 is 7.08. The van der Waals surface area contributed by atoms with Gasteiger partial charge >= 0.3 is 5.97 Å². The summed E-state index contributed by atoms with van der Waals surface area (Å²) in [4.78, 5) is 12.6.